The molecule has 0 aliphatic rings. The van der Waals surface area contributed by atoms with Gasteiger partial charge in [-0.3, -0.25) is 9.89 Å². The second kappa shape index (κ2) is 7.99. The molecule has 0 fully saturated rings. The molecule has 1 amide bonds. The van der Waals surface area contributed by atoms with E-state index in [1.54, 1.807) is 42.7 Å². The first kappa shape index (κ1) is 20.6. The van der Waals surface area contributed by atoms with Crippen LogP contribution in [0.15, 0.2) is 82.4 Å². The molecule has 0 unspecified atom stereocenters. The molecule has 3 aromatic heterocycles. The molecular formula is C23H17N5O4S. The molecule has 0 saturated carbocycles. The van der Waals surface area contributed by atoms with Gasteiger partial charge in [-0.25, -0.2) is 13.4 Å². The SMILES string of the molecule is CS(=O)(=O)c1cccc(C(=O)Nc2ccc(-c3n[nH]cc3-c3nc4ncccc4o3)cc2)c1. The second-order valence-electron chi connectivity index (χ2n) is 7.32. The van der Waals surface area contributed by atoms with Crippen molar-refractivity contribution >= 4 is 32.7 Å². The third kappa shape index (κ3) is 4.11. The molecule has 164 valence electrons. The predicted molar refractivity (Wildman–Crippen MR) is 122 cm³/mol. The number of nitrogens with zero attached hydrogens (tertiary/aromatic N) is 3. The van der Waals surface area contributed by atoms with E-state index in [0.29, 0.717) is 34.1 Å². The smallest absolute Gasteiger partial charge is 0.255 e. The summed E-state index contributed by atoms with van der Waals surface area (Å²) in [5, 5.41) is 9.92. The number of benzene rings is 2. The van der Waals surface area contributed by atoms with Crippen molar-refractivity contribution < 1.29 is 17.6 Å². The third-order valence-electron chi connectivity index (χ3n) is 4.98. The van der Waals surface area contributed by atoms with Gasteiger partial charge in [-0.1, -0.05) is 18.2 Å². The molecule has 2 N–H and O–H groups in total. The number of nitrogens with one attached hydrogen (secondary N) is 2. The standard InChI is InChI=1S/C23H17N5O4S/c1-33(30,31)17-5-2-4-15(12-17)22(29)26-16-9-7-14(8-10-16)20-18(13-25-28-20)23-27-21-19(32-23)6-3-11-24-21/h2-13H,1H3,(H,25,28)(H,26,29). The third-order valence-corrected chi connectivity index (χ3v) is 6.09. The number of rotatable bonds is 5. The lowest BCUT2D eigenvalue weighted by Gasteiger charge is -2.07. The van der Waals surface area contributed by atoms with Crippen LogP contribution in [0.5, 0.6) is 0 Å². The molecule has 5 rings (SSSR count). The average molecular weight is 459 g/mol. The fourth-order valence-electron chi connectivity index (χ4n) is 3.34. The van der Waals surface area contributed by atoms with Crippen LogP contribution in [-0.2, 0) is 9.84 Å². The van der Waals surface area contributed by atoms with Gasteiger partial charge in [-0.15, -0.1) is 0 Å². The van der Waals surface area contributed by atoms with E-state index in [-0.39, 0.29) is 10.5 Å². The van der Waals surface area contributed by atoms with Crippen LogP contribution in [0, 0.1) is 0 Å². The van der Waals surface area contributed by atoms with E-state index in [9.17, 15) is 13.2 Å². The van der Waals surface area contributed by atoms with Gasteiger partial charge in [0.25, 0.3) is 5.91 Å². The molecule has 9 nitrogen and oxygen atoms in total. The van der Waals surface area contributed by atoms with E-state index < -0.39 is 15.7 Å². The molecule has 0 saturated heterocycles. The Bertz CT molecular complexity index is 1550. The molecule has 0 aliphatic carbocycles. The van der Waals surface area contributed by atoms with Gasteiger partial charge in [-0.2, -0.15) is 10.1 Å². The van der Waals surface area contributed by atoms with E-state index in [1.807, 2.05) is 12.1 Å². The number of aromatic amines is 1. The van der Waals surface area contributed by atoms with E-state index in [4.69, 9.17) is 4.42 Å². The first-order valence-electron chi connectivity index (χ1n) is 9.86. The summed E-state index contributed by atoms with van der Waals surface area (Å²) >= 11 is 0. The first-order chi connectivity index (χ1) is 15.9. The fraction of sp³-hybridized carbons (Fsp3) is 0.0435. The van der Waals surface area contributed by atoms with E-state index in [0.717, 1.165) is 11.8 Å². The number of oxazole rings is 1. The summed E-state index contributed by atoms with van der Waals surface area (Å²) in [6.45, 7) is 0. The molecule has 0 atom stereocenters. The van der Waals surface area contributed by atoms with Gasteiger partial charge < -0.3 is 9.73 Å². The van der Waals surface area contributed by atoms with Crippen molar-refractivity contribution in [3.63, 3.8) is 0 Å². The highest BCUT2D eigenvalue weighted by Crippen LogP contribution is 2.31. The van der Waals surface area contributed by atoms with Crippen LogP contribution in [-0.4, -0.2) is 40.7 Å². The van der Waals surface area contributed by atoms with Gasteiger partial charge in [0.05, 0.1) is 10.5 Å². The normalized spacial score (nSPS) is 11.5. The molecule has 0 spiro atoms. The Morgan fingerprint density at radius 2 is 1.88 bits per heavy atom. The van der Waals surface area contributed by atoms with E-state index in [1.165, 1.54) is 18.2 Å². The Hall–Kier alpha value is -4.31. The van der Waals surface area contributed by atoms with Crippen LogP contribution < -0.4 is 5.32 Å². The van der Waals surface area contributed by atoms with Crippen LogP contribution in [0.25, 0.3) is 33.9 Å². The molecular weight excluding hydrogens is 442 g/mol. The van der Waals surface area contributed by atoms with Gasteiger partial charge in [0.1, 0.15) is 5.69 Å². The molecule has 10 heteroatoms. The number of pyridine rings is 1. The van der Waals surface area contributed by atoms with Crippen LogP contribution in [0.1, 0.15) is 10.4 Å². The van der Waals surface area contributed by atoms with Gasteiger partial charge in [0, 0.05) is 35.5 Å². The van der Waals surface area contributed by atoms with E-state index in [2.05, 4.69) is 25.5 Å². The summed E-state index contributed by atoms with van der Waals surface area (Å²) in [7, 11) is -3.40. The Morgan fingerprint density at radius 3 is 2.64 bits per heavy atom. The van der Waals surface area contributed by atoms with Crippen molar-refractivity contribution in [2.24, 2.45) is 0 Å². The number of aromatic nitrogens is 4. The maximum atomic E-state index is 12.6. The summed E-state index contributed by atoms with van der Waals surface area (Å²) in [5.41, 5.74) is 4.01. The Balaban J connectivity index is 1.38. The van der Waals surface area contributed by atoms with Crippen molar-refractivity contribution in [3.05, 3.63) is 78.6 Å². The molecule has 33 heavy (non-hydrogen) atoms. The summed E-state index contributed by atoms with van der Waals surface area (Å²) < 4.78 is 29.3. The van der Waals surface area contributed by atoms with Crippen LogP contribution in [0.4, 0.5) is 5.69 Å². The van der Waals surface area contributed by atoms with E-state index >= 15 is 0 Å². The summed E-state index contributed by atoms with van der Waals surface area (Å²) in [4.78, 5) is 21.3. The molecule has 2 aromatic carbocycles. The monoisotopic (exact) mass is 459 g/mol. The van der Waals surface area contributed by atoms with Crippen LogP contribution >= 0.6 is 0 Å². The summed E-state index contributed by atoms with van der Waals surface area (Å²) in [6.07, 6.45) is 4.45. The fourth-order valence-corrected chi connectivity index (χ4v) is 4.01. The van der Waals surface area contributed by atoms with Crippen molar-refractivity contribution in [3.8, 4) is 22.7 Å². The van der Waals surface area contributed by atoms with Crippen molar-refractivity contribution in [1.82, 2.24) is 20.2 Å². The number of hydrogen-bond donors (Lipinski definition) is 2. The Kier molecular flexibility index (Phi) is 4.98. The van der Waals surface area contributed by atoms with Crippen molar-refractivity contribution in [2.45, 2.75) is 4.90 Å². The molecule has 0 bridgehead atoms. The van der Waals surface area contributed by atoms with Crippen LogP contribution in [0.3, 0.4) is 0 Å². The minimum Gasteiger partial charge on any atom is -0.434 e. The number of sulfone groups is 1. The zero-order chi connectivity index (χ0) is 23.0. The Morgan fingerprint density at radius 1 is 1.06 bits per heavy atom. The summed E-state index contributed by atoms with van der Waals surface area (Å²) in [6, 6.07) is 16.6. The first-order valence-corrected chi connectivity index (χ1v) is 11.8. The van der Waals surface area contributed by atoms with Crippen LogP contribution in [0.2, 0.25) is 0 Å². The molecule has 3 heterocycles. The van der Waals surface area contributed by atoms with Crippen molar-refractivity contribution in [1.29, 1.82) is 0 Å². The number of anilines is 1. The number of fused-ring (bicyclic) bond motifs is 1. The van der Waals surface area contributed by atoms with Gasteiger partial charge >= 0.3 is 0 Å². The highest BCUT2D eigenvalue weighted by atomic mass is 32.2. The van der Waals surface area contributed by atoms with Gasteiger partial charge in [0.15, 0.2) is 21.1 Å². The molecule has 0 radical (unpaired) electrons. The quantitative estimate of drug-likeness (QED) is 0.407. The highest BCUT2D eigenvalue weighted by molar-refractivity contribution is 7.90. The minimum absolute atomic E-state index is 0.0888. The lowest BCUT2D eigenvalue weighted by Crippen LogP contribution is -2.12. The Labute approximate surface area is 188 Å². The topological polar surface area (TPSA) is 131 Å². The molecule has 0 aliphatic heterocycles. The lowest BCUT2D eigenvalue weighted by atomic mass is 10.1. The minimum atomic E-state index is -3.40. The number of amides is 1. The number of hydrogen-bond acceptors (Lipinski definition) is 7. The van der Waals surface area contributed by atoms with Crippen molar-refractivity contribution in [2.75, 3.05) is 11.6 Å². The predicted octanol–water partition coefficient (Wildman–Crippen LogP) is 3.94. The number of carbonyl (C=O) groups is 1. The van der Waals surface area contributed by atoms with Gasteiger partial charge in [-0.05, 0) is 42.5 Å². The zero-order valence-electron chi connectivity index (χ0n) is 17.3. The maximum Gasteiger partial charge on any atom is 0.255 e. The number of carbonyl (C=O) groups excluding carboxylic acids is 1. The maximum absolute atomic E-state index is 12.6. The average Bonchev–Trinajstić information content (AvgIpc) is 3.46. The largest absolute Gasteiger partial charge is 0.434 e. The summed E-state index contributed by atoms with van der Waals surface area (Å²) in [5.74, 6) is -0.0109. The highest BCUT2D eigenvalue weighted by Gasteiger charge is 2.17. The number of H-pyrrole nitrogens is 1. The van der Waals surface area contributed by atoms with Gasteiger partial charge in [0.2, 0.25) is 5.89 Å². The second-order valence-corrected chi connectivity index (χ2v) is 9.34. The molecule has 5 aromatic rings. The lowest BCUT2D eigenvalue weighted by molar-refractivity contribution is 0.102. The zero-order valence-corrected chi connectivity index (χ0v) is 18.1.